The summed E-state index contributed by atoms with van der Waals surface area (Å²) in [6.07, 6.45) is 0.128. The minimum atomic E-state index is -3.76. The van der Waals surface area contributed by atoms with Gasteiger partial charge in [0.15, 0.2) is 5.96 Å². The third-order valence-electron chi connectivity index (χ3n) is 3.62. The molecule has 0 radical (unpaired) electrons. The molecule has 0 unspecified atom stereocenters. The van der Waals surface area contributed by atoms with Crippen molar-refractivity contribution in [1.29, 1.82) is 0 Å². The van der Waals surface area contributed by atoms with Gasteiger partial charge in [0.2, 0.25) is 15.9 Å². The van der Waals surface area contributed by atoms with E-state index in [0.29, 0.717) is 5.96 Å². The van der Waals surface area contributed by atoms with Crippen LogP contribution in [0.5, 0.6) is 0 Å². The molecule has 0 aliphatic heterocycles. The molecular formula is C19H32IN5O5S. The van der Waals surface area contributed by atoms with E-state index in [1.807, 2.05) is 0 Å². The molecule has 1 aromatic rings. The van der Waals surface area contributed by atoms with Gasteiger partial charge in [0.25, 0.3) is 0 Å². The third kappa shape index (κ3) is 12.5. The number of hydrogen-bond acceptors (Lipinski definition) is 6. The second-order valence-electron chi connectivity index (χ2n) is 7.76. The molecule has 0 aliphatic rings. The maximum absolute atomic E-state index is 11.8. The number of sulfonamides is 1. The van der Waals surface area contributed by atoms with Crippen LogP contribution in [0.3, 0.4) is 0 Å². The van der Waals surface area contributed by atoms with Gasteiger partial charge in [-0.15, -0.1) is 24.0 Å². The number of nitrogens with two attached hydrogens (primary N) is 1. The normalized spacial score (nSPS) is 11.9. The van der Waals surface area contributed by atoms with Crippen molar-refractivity contribution in [3.63, 3.8) is 0 Å². The zero-order valence-electron chi connectivity index (χ0n) is 18.5. The number of ether oxygens (including phenoxy) is 1. The first-order chi connectivity index (χ1) is 13.8. The number of halogens is 1. The summed E-state index contributed by atoms with van der Waals surface area (Å²) in [6, 6.07) is 6.01. The Balaban J connectivity index is 0.00000900. The van der Waals surface area contributed by atoms with E-state index in [1.54, 1.807) is 47.0 Å². The molecule has 1 aromatic carbocycles. The van der Waals surface area contributed by atoms with E-state index in [9.17, 15) is 18.0 Å². The summed E-state index contributed by atoms with van der Waals surface area (Å²) in [5, 5.41) is 11.0. The van der Waals surface area contributed by atoms with Crippen LogP contribution in [-0.4, -0.2) is 63.9 Å². The molecule has 0 bridgehead atoms. The van der Waals surface area contributed by atoms with Gasteiger partial charge >= 0.3 is 5.97 Å². The average molecular weight is 569 g/mol. The zero-order chi connectivity index (χ0) is 22.9. The molecule has 0 heterocycles. The van der Waals surface area contributed by atoms with Crippen LogP contribution in [0.1, 0.15) is 32.8 Å². The summed E-state index contributed by atoms with van der Waals surface area (Å²) in [7, 11) is -0.472. The molecule has 176 valence electrons. The molecule has 10 nitrogen and oxygen atoms in total. The van der Waals surface area contributed by atoms with E-state index in [2.05, 4.69) is 15.6 Å². The van der Waals surface area contributed by atoms with Gasteiger partial charge < -0.3 is 20.3 Å². The van der Waals surface area contributed by atoms with E-state index in [4.69, 9.17) is 9.88 Å². The van der Waals surface area contributed by atoms with Gasteiger partial charge in [-0.3, -0.25) is 9.59 Å². The number of rotatable bonds is 8. The predicted octanol–water partition coefficient (Wildman–Crippen LogP) is 0.807. The van der Waals surface area contributed by atoms with E-state index >= 15 is 0 Å². The smallest absolute Gasteiger partial charge is 0.308 e. The fourth-order valence-corrected chi connectivity index (χ4v) is 2.64. The maximum Gasteiger partial charge on any atom is 0.308 e. The Bertz CT molecular complexity index is 865. The molecule has 0 spiro atoms. The van der Waals surface area contributed by atoms with Crippen LogP contribution < -0.4 is 15.8 Å². The van der Waals surface area contributed by atoms with Gasteiger partial charge in [0.05, 0.1) is 24.4 Å². The number of nitrogens with zero attached hydrogens (tertiary/aromatic N) is 2. The van der Waals surface area contributed by atoms with Crippen LogP contribution in [-0.2, 0) is 30.9 Å². The van der Waals surface area contributed by atoms with Crippen LogP contribution in [0.4, 0.5) is 0 Å². The van der Waals surface area contributed by atoms with Crippen LogP contribution in [0.15, 0.2) is 34.2 Å². The molecule has 0 aliphatic carbocycles. The van der Waals surface area contributed by atoms with Crippen molar-refractivity contribution in [1.82, 2.24) is 15.5 Å². The van der Waals surface area contributed by atoms with Crippen molar-refractivity contribution in [3.05, 3.63) is 29.8 Å². The highest BCUT2D eigenvalue weighted by Gasteiger charge is 2.16. The number of aliphatic imine (C=N–C) groups is 1. The monoisotopic (exact) mass is 569 g/mol. The molecule has 0 atom stereocenters. The molecule has 0 aromatic heterocycles. The lowest BCUT2D eigenvalue weighted by Crippen LogP contribution is -2.43. The molecule has 0 saturated heterocycles. The van der Waals surface area contributed by atoms with Gasteiger partial charge in [-0.1, -0.05) is 12.1 Å². The summed E-state index contributed by atoms with van der Waals surface area (Å²) in [4.78, 5) is 29.5. The zero-order valence-corrected chi connectivity index (χ0v) is 21.6. The number of hydrogen-bond donors (Lipinski definition) is 3. The van der Waals surface area contributed by atoms with Gasteiger partial charge in [0, 0.05) is 20.6 Å². The van der Waals surface area contributed by atoms with E-state index in [1.165, 1.54) is 17.0 Å². The lowest BCUT2D eigenvalue weighted by molar-refractivity contribution is -0.154. The first kappa shape index (κ1) is 29.1. The molecule has 4 N–H and O–H groups in total. The van der Waals surface area contributed by atoms with Crippen molar-refractivity contribution < 1.29 is 22.7 Å². The van der Waals surface area contributed by atoms with E-state index in [-0.39, 0.29) is 66.8 Å². The van der Waals surface area contributed by atoms with Crippen molar-refractivity contribution in [2.75, 3.05) is 27.2 Å². The molecule has 0 saturated carbocycles. The Labute approximate surface area is 201 Å². The second kappa shape index (κ2) is 12.8. The highest BCUT2D eigenvalue weighted by Crippen LogP contribution is 2.10. The van der Waals surface area contributed by atoms with Crippen LogP contribution >= 0.6 is 24.0 Å². The number of likely N-dealkylation sites (N-methyl/N-ethyl adjacent to an activating group) is 1. The molecule has 31 heavy (non-hydrogen) atoms. The average Bonchev–Trinajstić information content (AvgIpc) is 2.61. The number of carbonyl (C=O) groups is 2. The van der Waals surface area contributed by atoms with Crippen molar-refractivity contribution in [2.45, 2.75) is 44.2 Å². The van der Waals surface area contributed by atoms with Gasteiger partial charge in [0.1, 0.15) is 5.60 Å². The number of carbonyl (C=O) groups excluding carboxylic acids is 2. The number of benzene rings is 1. The quantitative estimate of drug-likeness (QED) is 0.182. The Hall–Kier alpha value is -1.93. The Morgan fingerprint density at radius 1 is 1.13 bits per heavy atom. The SMILES string of the molecule is CN(C)C(=O)CNC(=NCc1ccc(S(N)(=O)=O)cc1)NCCC(=O)OC(C)(C)C.I. The Morgan fingerprint density at radius 3 is 2.19 bits per heavy atom. The van der Waals surface area contributed by atoms with Crippen LogP contribution in [0.2, 0.25) is 0 Å². The number of esters is 1. The van der Waals surface area contributed by atoms with Crippen molar-refractivity contribution in [3.8, 4) is 0 Å². The van der Waals surface area contributed by atoms with Crippen molar-refractivity contribution >= 4 is 51.8 Å². The highest BCUT2D eigenvalue weighted by molar-refractivity contribution is 14.0. The standard InChI is InChI=1S/C19H31N5O5S.HI/c1-19(2,3)29-17(26)10-11-21-18(23-13-16(25)24(4)5)22-12-14-6-8-15(9-7-14)30(20,27)28;/h6-9H,10-13H2,1-5H3,(H2,20,27,28)(H2,21,22,23);1H. The molecule has 1 rings (SSSR count). The first-order valence-electron chi connectivity index (χ1n) is 9.34. The fourth-order valence-electron chi connectivity index (χ4n) is 2.12. The first-order valence-corrected chi connectivity index (χ1v) is 10.9. The summed E-state index contributed by atoms with van der Waals surface area (Å²) >= 11 is 0. The lowest BCUT2D eigenvalue weighted by Gasteiger charge is -2.20. The summed E-state index contributed by atoms with van der Waals surface area (Å²) in [5.74, 6) is -0.157. The molecule has 0 fully saturated rings. The van der Waals surface area contributed by atoms with Gasteiger partial charge in [-0.25, -0.2) is 18.5 Å². The van der Waals surface area contributed by atoms with Crippen molar-refractivity contribution in [2.24, 2.45) is 10.1 Å². The summed E-state index contributed by atoms with van der Waals surface area (Å²) in [6.45, 7) is 5.89. The van der Waals surface area contributed by atoms with Crippen LogP contribution in [0.25, 0.3) is 0 Å². The predicted molar refractivity (Wildman–Crippen MR) is 130 cm³/mol. The maximum atomic E-state index is 11.8. The number of guanidine groups is 1. The number of amides is 1. The summed E-state index contributed by atoms with van der Waals surface area (Å²) in [5.41, 5.74) is 0.183. The molecule has 1 amide bonds. The topological polar surface area (TPSA) is 143 Å². The van der Waals surface area contributed by atoms with E-state index in [0.717, 1.165) is 5.56 Å². The lowest BCUT2D eigenvalue weighted by atomic mass is 10.2. The van der Waals surface area contributed by atoms with E-state index < -0.39 is 15.6 Å². The number of nitrogens with one attached hydrogen (secondary N) is 2. The minimum Gasteiger partial charge on any atom is -0.460 e. The Morgan fingerprint density at radius 2 is 1.71 bits per heavy atom. The second-order valence-corrected chi connectivity index (χ2v) is 9.32. The van der Waals surface area contributed by atoms with Gasteiger partial charge in [-0.2, -0.15) is 0 Å². The van der Waals surface area contributed by atoms with Gasteiger partial charge in [-0.05, 0) is 38.5 Å². The molecular weight excluding hydrogens is 537 g/mol. The number of primary sulfonamides is 1. The minimum absolute atomic E-state index is 0. The largest absolute Gasteiger partial charge is 0.460 e. The van der Waals surface area contributed by atoms with Crippen LogP contribution in [0, 0.1) is 0 Å². The molecule has 12 heteroatoms. The Kier molecular flexibility index (Phi) is 12.0. The third-order valence-corrected chi connectivity index (χ3v) is 4.55. The fraction of sp³-hybridized carbons (Fsp3) is 0.526. The highest BCUT2D eigenvalue weighted by atomic mass is 127. The summed E-state index contributed by atoms with van der Waals surface area (Å²) < 4.78 is 27.9.